The summed E-state index contributed by atoms with van der Waals surface area (Å²) in [6.07, 6.45) is 4.44. The van der Waals surface area contributed by atoms with E-state index >= 15 is 0 Å². The molecule has 1 aromatic carbocycles. The number of rotatable bonds is 7. The SMILES string of the molecule is CC(=CCOc1ccc([N+](=O)[O-])cc1)CCC1OC1(C)C. The number of epoxide rings is 1. The summed E-state index contributed by atoms with van der Waals surface area (Å²) < 4.78 is 11.1. The maximum Gasteiger partial charge on any atom is 0.269 e. The first-order valence-electron chi connectivity index (χ1n) is 7.09. The molecule has 1 aromatic rings. The van der Waals surface area contributed by atoms with E-state index in [-0.39, 0.29) is 11.3 Å². The zero-order valence-corrected chi connectivity index (χ0v) is 12.7. The molecule has 0 aromatic heterocycles. The molecule has 0 saturated carbocycles. The van der Waals surface area contributed by atoms with Crippen LogP contribution < -0.4 is 4.74 Å². The Morgan fingerprint density at radius 2 is 2.05 bits per heavy atom. The fourth-order valence-corrected chi connectivity index (χ4v) is 2.14. The third kappa shape index (κ3) is 4.56. The number of nitro groups is 1. The molecule has 0 N–H and O–H groups in total. The Labute approximate surface area is 124 Å². The molecular weight excluding hydrogens is 270 g/mol. The minimum Gasteiger partial charge on any atom is -0.490 e. The lowest BCUT2D eigenvalue weighted by Crippen LogP contribution is -2.03. The van der Waals surface area contributed by atoms with Crippen LogP contribution in [0.3, 0.4) is 0 Å². The maximum absolute atomic E-state index is 10.5. The van der Waals surface area contributed by atoms with Crippen molar-refractivity contribution < 1.29 is 14.4 Å². The van der Waals surface area contributed by atoms with Crippen molar-refractivity contribution in [1.29, 1.82) is 0 Å². The predicted molar refractivity (Wildman–Crippen MR) is 80.5 cm³/mol. The first-order valence-corrected chi connectivity index (χ1v) is 7.09. The van der Waals surface area contributed by atoms with Crippen LogP contribution in [-0.2, 0) is 4.74 Å². The first-order chi connectivity index (χ1) is 9.88. The molecule has 5 heteroatoms. The summed E-state index contributed by atoms with van der Waals surface area (Å²) >= 11 is 0. The monoisotopic (exact) mass is 291 g/mol. The quantitative estimate of drug-likeness (QED) is 0.331. The highest BCUT2D eigenvalue weighted by Crippen LogP contribution is 2.38. The van der Waals surface area contributed by atoms with Crippen molar-refractivity contribution in [3.63, 3.8) is 0 Å². The first kappa shape index (κ1) is 15.5. The van der Waals surface area contributed by atoms with E-state index in [9.17, 15) is 10.1 Å². The van der Waals surface area contributed by atoms with Crippen molar-refractivity contribution in [2.75, 3.05) is 6.61 Å². The van der Waals surface area contributed by atoms with Gasteiger partial charge in [0.15, 0.2) is 0 Å². The minimum absolute atomic E-state index is 0.0511. The molecule has 0 spiro atoms. The highest BCUT2D eigenvalue weighted by molar-refractivity contribution is 5.36. The zero-order chi connectivity index (χ0) is 15.5. The van der Waals surface area contributed by atoms with E-state index in [1.165, 1.54) is 17.7 Å². The predicted octanol–water partition coefficient (Wildman–Crippen LogP) is 3.88. The molecule has 0 amide bonds. The van der Waals surface area contributed by atoms with Gasteiger partial charge in [0.1, 0.15) is 12.4 Å². The van der Waals surface area contributed by atoms with E-state index in [1.807, 2.05) is 6.08 Å². The van der Waals surface area contributed by atoms with Crippen molar-refractivity contribution >= 4 is 5.69 Å². The molecule has 1 aliphatic heterocycles. The lowest BCUT2D eigenvalue weighted by atomic mass is 10.0. The van der Waals surface area contributed by atoms with Gasteiger partial charge in [-0.15, -0.1) is 0 Å². The highest BCUT2D eigenvalue weighted by atomic mass is 16.6. The summed E-state index contributed by atoms with van der Waals surface area (Å²) in [4.78, 5) is 10.1. The molecule has 21 heavy (non-hydrogen) atoms. The Kier molecular flexibility index (Phi) is 4.63. The van der Waals surface area contributed by atoms with Crippen LogP contribution in [0.15, 0.2) is 35.9 Å². The van der Waals surface area contributed by atoms with Crippen LogP contribution in [0.1, 0.15) is 33.6 Å². The Morgan fingerprint density at radius 3 is 2.57 bits per heavy atom. The molecule has 0 radical (unpaired) electrons. The second-order valence-electron chi connectivity index (χ2n) is 5.86. The molecule has 0 aliphatic carbocycles. The molecule has 1 saturated heterocycles. The van der Waals surface area contributed by atoms with E-state index < -0.39 is 4.92 Å². The largest absolute Gasteiger partial charge is 0.490 e. The lowest BCUT2D eigenvalue weighted by Gasteiger charge is -2.04. The lowest BCUT2D eigenvalue weighted by molar-refractivity contribution is -0.384. The summed E-state index contributed by atoms with van der Waals surface area (Å²) in [5.41, 5.74) is 1.39. The molecule has 1 heterocycles. The third-order valence-electron chi connectivity index (χ3n) is 3.69. The normalized spacial score (nSPS) is 20.1. The number of nitro benzene ring substituents is 1. The molecule has 5 nitrogen and oxygen atoms in total. The average molecular weight is 291 g/mol. The number of allylic oxidation sites excluding steroid dienone is 1. The van der Waals surface area contributed by atoms with Gasteiger partial charge in [0.05, 0.1) is 16.6 Å². The van der Waals surface area contributed by atoms with E-state index in [0.717, 1.165) is 12.8 Å². The molecule has 114 valence electrons. The van der Waals surface area contributed by atoms with Crippen LogP contribution in [0, 0.1) is 10.1 Å². The molecule has 1 fully saturated rings. The van der Waals surface area contributed by atoms with Crippen molar-refractivity contribution in [2.24, 2.45) is 0 Å². The Morgan fingerprint density at radius 1 is 1.43 bits per heavy atom. The molecule has 1 atom stereocenters. The van der Waals surface area contributed by atoms with Gasteiger partial charge < -0.3 is 9.47 Å². The van der Waals surface area contributed by atoms with Crippen LogP contribution >= 0.6 is 0 Å². The van der Waals surface area contributed by atoms with Crippen molar-refractivity contribution in [3.8, 4) is 5.75 Å². The number of benzene rings is 1. The second-order valence-corrected chi connectivity index (χ2v) is 5.86. The van der Waals surface area contributed by atoms with E-state index in [0.29, 0.717) is 18.5 Å². The molecular formula is C16H21NO4. The van der Waals surface area contributed by atoms with Crippen LogP contribution in [0.25, 0.3) is 0 Å². The summed E-state index contributed by atoms with van der Waals surface area (Å²) in [5, 5.41) is 10.5. The summed E-state index contributed by atoms with van der Waals surface area (Å²) in [6.45, 7) is 6.76. The average Bonchev–Trinajstić information content (AvgIpc) is 3.04. The van der Waals surface area contributed by atoms with Gasteiger partial charge in [-0.1, -0.05) is 5.57 Å². The molecule has 1 aliphatic rings. The Bertz CT molecular complexity index is 534. The number of non-ortho nitro benzene ring substituents is 1. The number of nitrogens with zero attached hydrogens (tertiary/aromatic N) is 1. The maximum atomic E-state index is 10.5. The second kappa shape index (κ2) is 6.26. The van der Waals surface area contributed by atoms with Gasteiger partial charge in [0.25, 0.3) is 5.69 Å². The molecule has 1 unspecified atom stereocenters. The fourth-order valence-electron chi connectivity index (χ4n) is 2.14. The minimum atomic E-state index is -0.421. The van der Waals surface area contributed by atoms with Gasteiger partial charge in [-0.25, -0.2) is 0 Å². The van der Waals surface area contributed by atoms with Crippen molar-refractivity contribution in [3.05, 3.63) is 46.0 Å². The van der Waals surface area contributed by atoms with Crippen LogP contribution in [0.2, 0.25) is 0 Å². The van der Waals surface area contributed by atoms with Gasteiger partial charge in [0, 0.05) is 12.1 Å². The Hall–Kier alpha value is -1.88. The van der Waals surface area contributed by atoms with Crippen LogP contribution in [0.4, 0.5) is 5.69 Å². The number of ether oxygens (including phenoxy) is 2. The summed E-state index contributed by atoms with van der Waals surface area (Å²) in [6, 6.07) is 6.11. The van der Waals surface area contributed by atoms with E-state index in [2.05, 4.69) is 20.8 Å². The van der Waals surface area contributed by atoms with Crippen molar-refractivity contribution in [1.82, 2.24) is 0 Å². The van der Waals surface area contributed by atoms with Gasteiger partial charge in [0.2, 0.25) is 0 Å². The summed E-state index contributed by atoms with van der Waals surface area (Å²) in [7, 11) is 0. The van der Waals surface area contributed by atoms with Gasteiger partial charge in [-0.2, -0.15) is 0 Å². The molecule has 0 bridgehead atoms. The topological polar surface area (TPSA) is 64.9 Å². The van der Waals surface area contributed by atoms with Crippen molar-refractivity contribution in [2.45, 2.75) is 45.3 Å². The smallest absolute Gasteiger partial charge is 0.269 e. The summed E-state index contributed by atoms with van der Waals surface area (Å²) in [5.74, 6) is 0.635. The Balaban J connectivity index is 1.72. The number of hydrogen-bond acceptors (Lipinski definition) is 4. The van der Waals surface area contributed by atoms with Gasteiger partial charge in [-0.05, 0) is 51.8 Å². The fraction of sp³-hybridized carbons (Fsp3) is 0.500. The van der Waals surface area contributed by atoms with Crippen LogP contribution in [0.5, 0.6) is 5.75 Å². The zero-order valence-electron chi connectivity index (χ0n) is 12.7. The van der Waals surface area contributed by atoms with Crippen LogP contribution in [-0.4, -0.2) is 23.2 Å². The molecule has 2 rings (SSSR count). The standard InChI is InChI=1S/C16H21NO4/c1-12(4-9-15-16(2,3)21-15)10-11-20-14-7-5-13(6-8-14)17(18)19/h5-8,10,15H,4,9,11H2,1-3H3. The van der Waals surface area contributed by atoms with E-state index in [1.54, 1.807) is 12.1 Å². The van der Waals surface area contributed by atoms with Gasteiger partial charge in [-0.3, -0.25) is 10.1 Å². The van der Waals surface area contributed by atoms with E-state index in [4.69, 9.17) is 9.47 Å². The van der Waals surface area contributed by atoms with Gasteiger partial charge >= 0.3 is 0 Å². The number of hydrogen-bond donors (Lipinski definition) is 0. The third-order valence-corrected chi connectivity index (χ3v) is 3.69. The highest BCUT2D eigenvalue weighted by Gasteiger charge is 2.46.